The Labute approximate surface area is 99.1 Å². The van der Waals surface area contributed by atoms with E-state index >= 15 is 0 Å². The van der Waals surface area contributed by atoms with Gasteiger partial charge in [-0.25, -0.2) is 0 Å². The Morgan fingerprint density at radius 2 is 2.29 bits per heavy atom. The summed E-state index contributed by atoms with van der Waals surface area (Å²) in [6.07, 6.45) is 4.00. The lowest BCUT2D eigenvalue weighted by Crippen LogP contribution is -2.47. The molecule has 1 heterocycles. The zero-order valence-corrected chi connectivity index (χ0v) is 9.77. The molecule has 0 radical (unpaired) electrons. The molecule has 0 aliphatic heterocycles. The van der Waals surface area contributed by atoms with Crippen LogP contribution in [0.1, 0.15) is 29.6 Å². The fraction of sp³-hybridized carbons (Fsp3) is 0.500. The van der Waals surface area contributed by atoms with E-state index in [0.29, 0.717) is 5.56 Å². The van der Waals surface area contributed by atoms with Crippen LogP contribution >= 0.6 is 0 Å². The number of carbonyl (C=O) groups is 1. The van der Waals surface area contributed by atoms with Crippen LogP contribution in [0.5, 0.6) is 0 Å². The van der Waals surface area contributed by atoms with E-state index in [1.54, 1.807) is 19.3 Å². The molecule has 1 aliphatic carbocycles. The highest BCUT2D eigenvalue weighted by molar-refractivity contribution is 5.94. The number of hydrogen-bond donors (Lipinski definition) is 2. The van der Waals surface area contributed by atoms with Crippen LogP contribution < -0.4 is 10.9 Å². The van der Waals surface area contributed by atoms with Crippen LogP contribution in [0.15, 0.2) is 23.1 Å². The van der Waals surface area contributed by atoms with E-state index in [1.165, 1.54) is 10.6 Å². The van der Waals surface area contributed by atoms with E-state index in [0.717, 1.165) is 19.3 Å². The number of aromatic nitrogens is 1. The molecular weight excluding hydrogens is 220 g/mol. The van der Waals surface area contributed by atoms with Gasteiger partial charge in [-0.15, -0.1) is 0 Å². The maximum absolute atomic E-state index is 11.7. The number of carbonyl (C=O) groups excluding carboxylic acids is 1. The number of hydrogen-bond acceptors (Lipinski definition) is 3. The molecule has 1 aromatic rings. The van der Waals surface area contributed by atoms with Gasteiger partial charge in [0.25, 0.3) is 11.5 Å². The van der Waals surface area contributed by atoms with Gasteiger partial charge in [-0.05, 0) is 25.3 Å². The molecule has 0 spiro atoms. The summed E-state index contributed by atoms with van der Waals surface area (Å²) < 4.78 is 1.40. The Morgan fingerprint density at radius 3 is 2.82 bits per heavy atom. The summed E-state index contributed by atoms with van der Waals surface area (Å²) in [5.41, 5.74) is -0.633. The topological polar surface area (TPSA) is 71.3 Å². The first kappa shape index (κ1) is 11.9. The van der Waals surface area contributed by atoms with Crippen molar-refractivity contribution in [3.05, 3.63) is 34.2 Å². The van der Waals surface area contributed by atoms with Gasteiger partial charge in [-0.3, -0.25) is 9.59 Å². The quantitative estimate of drug-likeness (QED) is 0.777. The highest BCUT2D eigenvalue weighted by Gasteiger charge is 2.34. The lowest BCUT2D eigenvalue weighted by atomic mass is 9.80. The van der Waals surface area contributed by atoms with Crippen molar-refractivity contribution in [3.63, 3.8) is 0 Å². The average molecular weight is 236 g/mol. The molecule has 1 amide bonds. The molecule has 17 heavy (non-hydrogen) atoms. The van der Waals surface area contributed by atoms with Crippen molar-refractivity contribution in [2.45, 2.75) is 24.9 Å². The lowest BCUT2D eigenvalue weighted by Gasteiger charge is -2.36. The maximum Gasteiger partial charge on any atom is 0.251 e. The molecule has 5 nitrogen and oxygen atoms in total. The third-order valence-corrected chi connectivity index (χ3v) is 3.23. The fourth-order valence-corrected chi connectivity index (χ4v) is 1.80. The molecule has 1 aliphatic rings. The van der Waals surface area contributed by atoms with Crippen LogP contribution in [0.3, 0.4) is 0 Å². The van der Waals surface area contributed by atoms with Gasteiger partial charge in [0.2, 0.25) is 0 Å². The van der Waals surface area contributed by atoms with Crippen molar-refractivity contribution < 1.29 is 9.90 Å². The number of aliphatic hydroxyl groups is 1. The zero-order chi connectivity index (χ0) is 12.5. The summed E-state index contributed by atoms with van der Waals surface area (Å²) in [6, 6.07) is 2.88. The third-order valence-electron chi connectivity index (χ3n) is 3.23. The largest absolute Gasteiger partial charge is 0.388 e. The van der Waals surface area contributed by atoms with Crippen LogP contribution in [-0.4, -0.2) is 27.7 Å². The van der Waals surface area contributed by atoms with Crippen molar-refractivity contribution in [1.29, 1.82) is 0 Å². The molecule has 0 saturated heterocycles. The van der Waals surface area contributed by atoms with E-state index < -0.39 is 5.60 Å². The second-order valence-corrected chi connectivity index (χ2v) is 4.63. The van der Waals surface area contributed by atoms with Crippen molar-refractivity contribution in [2.24, 2.45) is 7.05 Å². The summed E-state index contributed by atoms with van der Waals surface area (Å²) in [6.45, 7) is 0.251. The van der Waals surface area contributed by atoms with Gasteiger partial charge < -0.3 is 15.0 Å². The van der Waals surface area contributed by atoms with Gasteiger partial charge in [-0.2, -0.15) is 0 Å². The van der Waals surface area contributed by atoms with Crippen LogP contribution in [0.2, 0.25) is 0 Å². The Hall–Kier alpha value is -1.62. The number of rotatable bonds is 3. The van der Waals surface area contributed by atoms with Crippen LogP contribution in [0.25, 0.3) is 0 Å². The maximum atomic E-state index is 11.7. The van der Waals surface area contributed by atoms with E-state index in [-0.39, 0.29) is 18.0 Å². The predicted octanol–water partition coefficient (Wildman–Crippen LogP) is 0.0301. The fourth-order valence-electron chi connectivity index (χ4n) is 1.80. The van der Waals surface area contributed by atoms with Gasteiger partial charge in [0.15, 0.2) is 0 Å². The van der Waals surface area contributed by atoms with Gasteiger partial charge in [0, 0.05) is 31.4 Å². The Morgan fingerprint density at radius 1 is 1.59 bits per heavy atom. The summed E-state index contributed by atoms with van der Waals surface area (Å²) in [4.78, 5) is 23.1. The molecule has 1 aromatic heterocycles. The first-order valence-corrected chi connectivity index (χ1v) is 5.67. The molecular formula is C12H16N2O3. The smallest absolute Gasteiger partial charge is 0.251 e. The van der Waals surface area contributed by atoms with E-state index in [2.05, 4.69) is 5.32 Å². The number of nitrogens with one attached hydrogen (secondary N) is 1. The SMILES string of the molecule is Cn1ccc(C(=O)NCC2(O)CCC2)cc1=O. The monoisotopic (exact) mass is 236 g/mol. The molecule has 2 rings (SSSR count). The van der Waals surface area contributed by atoms with E-state index in [9.17, 15) is 14.7 Å². The number of pyridine rings is 1. The average Bonchev–Trinajstić information content (AvgIpc) is 2.27. The van der Waals surface area contributed by atoms with Gasteiger partial charge in [-0.1, -0.05) is 0 Å². The minimum Gasteiger partial charge on any atom is -0.388 e. The van der Waals surface area contributed by atoms with E-state index in [1.807, 2.05) is 0 Å². The highest BCUT2D eigenvalue weighted by Crippen LogP contribution is 2.30. The predicted molar refractivity (Wildman–Crippen MR) is 62.8 cm³/mol. The Bertz CT molecular complexity index is 489. The first-order chi connectivity index (χ1) is 8.00. The third kappa shape index (κ3) is 2.55. The Balaban J connectivity index is 1.99. The lowest BCUT2D eigenvalue weighted by molar-refractivity contribution is -0.0300. The minimum absolute atomic E-state index is 0.222. The summed E-state index contributed by atoms with van der Waals surface area (Å²) in [5, 5.41) is 12.5. The minimum atomic E-state index is -0.741. The molecule has 2 N–H and O–H groups in total. The van der Waals surface area contributed by atoms with Crippen molar-refractivity contribution in [2.75, 3.05) is 6.54 Å². The number of aryl methyl sites for hydroxylation is 1. The van der Waals surface area contributed by atoms with Crippen LogP contribution in [-0.2, 0) is 7.05 Å². The summed E-state index contributed by atoms with van der Waals surface area (Å²) in [7, 11) is 1.63. The Kier molecular flexibility index (Phi) is 3.02. The van der Waals surface area contributed by atoms with Gasteiger partial charge in [0.1, 0.15) is 0 Å². The van der Waals surface area contributed by atoms with E-state index in [4.69, 9.17) is 0 Å². The van der Waals surface area contributed by atoms with Gasteiger partial charge in [0.05, 0.1) is 5.60 Å². The summed E-state index contributed by atoms with van der Waals surface area (Å²) >= 11 is 0. The van der Waals surface area contributed by atoms with Crippen LogP contribution in [0.4, 0.5) is 0 Å². The van der Waals surface area contributed by atoms with Crippen molar-refractivity contribution >= 4 is 5.91 Å². The zero-order valence-electron chi connectivity index (χ0n) is 9.77. The summed E-state index contributed by atoms with van der Waals surface area (Å²) in [5.74, 6) is -0.317. The molecule has 5 heteroatoms. The molecule has 0 aromatic carbocycles. The van der Waals surface area contributed by atoms with Crippen molar-refractivity contribution in [1.82, 2.24) is 9.88 Å². The number of nitrogens with zero attached hydrogens (tertiary/aromatic N) is 1. The number of amides is 1. The molecule has 0 atom stereocenters. The molecule has 0 unspecified atom stereocenters. The second-order valence-electron chi connectivity index (χ2n) is 4.63. The normalized spacial score (nSPS) is 17.3. The van der Waals surface area contributed by atoms with Crippen molar-refractivity contribution in [3.8, 4) is 0 Å². The molecule has 1 fully saturated rings. The van der Waals surface area contributed by atoms with Crippen LogP contribution in [0, 0.1) is 0 Å². The molecule has 0 bridgehead atoms. The molecule has 1 saturated carbocycles. The first-order valence-electron chi connectivity index (χ1n) is 5.67. The van der Waals surface area contributed by atoms with Gasteiger partial charge >= 0.3 is 0 Å². The molecule has 92 valence electrons. The highest BCUT2D eigenvalue weighted by atomic mass is 16.3. The second kappa shape index (κ2) is 4.33. The standard InChI is InChI=1S/C12H16N2O3/c1-14-6-3-9(7-10(14)15)11(16)13-8-12(17)4-2-5-12/h3,6-7,17H,2,4-5,8H2,1H3,(H,13,16).